The molecule has 0 aliphatic rings. The number of aromatic nitrogens is 3. The van der Waals surface area contributed by atoms with E-state index in [0.717, 1.165) is 0 Å². The highest BCUT2D eigenvalue weighted by atomic mass is 35.5. The van der Waals surface area contributed by atoms with Gasteiger partial charge in [-0.25, -0.2) is 0 Å². The highest BCUT2D eigenvalue weighted by molar-refractivity contribution is 6.34. The van der Waals surface area contributed by atoms with Crippen LogP contribution in [0.4, 0.5) is 5.82 Å². The number of nitrogens with zero attached hydrogens (tertiary/aromatic N) is 3. The molecule has 2 heterocycles. The SMILES string of the molecule is COCC(O)CNc1nnc(Cl)c2ccn(C)c(=O)c12. The van der Waals surface area contributed by atoms with E-state index in [1.807, 2.05) is 0 Å². The molecule has 0 fully saturated rings. The molecule has 0 spiro atoms. The van der Waals surface area contributed by atoms with E-state index in [1.165, 1.54) is 11.7 Å². The van der Waals surface area contributed by atoms with Gasteiger partial charge in [-0.3, -0.25) is 4.79 Å². The van der Waals surface area contributed by atoms with Crippen LogP contribution in [0.25, 0.3) is 10.8 Å². The van der Waals surface area contributed by atoms with Gasteiger partial charge in [-0.1, -0.05) is 11.6 Å². The van der Waals surface area contributed by atoms with Crippen molar-refractivity contribution >= 4 is 28.2 Å². The van der Waals surface area contributed by atoms with E-state index in [0.29, 0.717) is 16.6 Å². The number of methoxy groups -OCH3 is 1. The fraction of sp³-hybridized carbons (Fsp3) is 0.417. The molecule has 1 unspecified atom stereocenters. The van der Waals surface area contributed by atoms with Crippen molar-refractivity contribution in [1.29, 1.82) is 0 Å². The predicted molar refractivity (Wildman–Crippen MR) is 76.2 cm³/mol. The van der Waals surface area contributed by atoms with Gasteiger partial charge in [0.1, 0.15) is 0 Å². The number of anilines is 1. The average Bonchev–Trinajstić information content (AvgIpc) is 2.42. The van der Waals surface area contributed by atoms with Crippen LogP contribution in [0.3, 0.4) is 0 Å². The summed E-state index contributed by atoms with van der Waals surface area (Å²) in [6.07, 6.45) is 0.905. The summed E-state index contributed by atoms with van der Waals surface area (Å²) in [6.45, 7) is 0.376. The van der Waals surface area contributed by atoms with Gasteiger partial charge in [0.2, 0.25) is 0 Å². The molecule has 0 aromatic carbocycles. The third-order valence-corrected chi connectivity index (χ3v) is 3.11. The van der Waals surface area contributed by atoms with Crippen molar-refractivity contribution in [2.45, 2.75) is 6.10 Å². The van der Waals surface area contributed by atoms with Crippen LogP contribution in [0.1, 0.15) is 0 Å². The fourth-order valence-corrected chi connectivity index (χ4v) is 2.01. The first-order valence-corrected chi connectivity index (χ1v) is 6.34. The number of aliphatic hydroxyl groups excluding tert-OH is 1. The lowest BCUT2D eigenvalue weighted by Gasteiger charge is -2.12. The molecule has 2 N–H and O–H groups in total. The summed E-state index contributed by atoms with van der Waals surface area (Å²) in [5, 5.41) is 21.2. The molecule has 2 aromatic heterocycles. The number of aliphatic hydroxyl groups is 1. The molecular formula is C12H15ClN4O3. The Labute approximate surface area is 120 Å². The predicted octanol–water partition coefficient (Wildman–Crippen LogP) is 0.401. The summed E-state index contributed by atoms with van der Waals surface area (Å²) in [4.78, 5) is 12.2. The fourth-order valence-electron chi connectivity index (χ4n) is 1.82. The molecule has 0 bridgehead atoms. The largest absolute Gasteiger partial charge is 0.389 e. The van der Waals surface area contributed by atoms with Gasteiger partial charge in [-0.15, -0.1) is 10.2 Å². The second kappa shape index (κ2) is 6.17. The zero-order valence-electron chi connectivity index (χ0n) is 11.1. The van der Waals surface area contributed by atoms with E-state index in [4.69, 9.17) is 16.3 Å². The first-order valence-electron chi connectivity index (χ1n) is 5.97. The lowest BCUT2D eigenvalue weighted by atomic mass is 10.2. The summed E-state index contributed by atoms with van der Waals surface area (Å²) < 4.78 is 6.26. The van der Waals surface area contributed by atoms with Gasteiger partial charge in [-0.2, -0.15) is 0 Å². The minimum atomic E-state index is -0.708. The number of hydrogen-bond donors (Lipinski definition) is 2. The minimum absolute atomic E-state index is 0.167. The number of fused-ring (bicyclic) bond motifs is 1. The highest BCUT2D eigenvalue weighted by Gasteiger charge is 2.13. The first-order chi connectivity index (χ1) is 9.54. The topological polar surface area (TPSA) is 89.3 Å². The van der Waals surface area contributed by atoms with Crippen molar-refractivity contribution in [3.8, 4) is 0 Å². The Morgan fingerprint density at radius 1 is 1.55 bits per heavy atom. The maximum Gasteiger partial charge on any atom is 0.262 e. The Balaban J connectivity index is 2.41. The van der Waals surface area contributed by atoms with E-state index in [9.17, 15) is 9.90 Å². The molecule has 0 amide bonds. The lowest BCUT2D eigenvalue weighted by molar-refractivity contribution is 0.0727. The molecule has 8 heteroatoms. The van der Waals surface area contributed by atoms with Gasteiger partial charge in [-0.05, 0) is 6.07 Å². The molecule has 0 aliphatic heterocycles. The Bertz CT molecular complexity index is 674. The summed E-state index contributed by atoms with van der Waals surface area (Å²) in [6, 6.07) is 1.70. The second-order valence-corrected chi connectivity index (χ2v) is 4.71. The van der Waals surface area contributed by atoms with Crippen LogP contribution in [-0.4, -0.2) is 46.2 Å². The van der Waals surface area contributed by atoms with Gasteiger partial charge in [0.05, 0.1) is 18.1 Å². The monoisotopic (exact) mass is 298 g/mol. The minimum Gasteiger partial charge on any atom is -0.389 e. The molecule has 20 heavy (non-hydrogen) atoms. The Morgan fingerprint density at radius 3 is 3.00 bits per heavy atom. The third kappa shape index (κ3) is 2.90. The van der Waals surface area contributed by atoms with E-state index >= 15 is 0 Å². The third-order valence-electron chi connectivity index (χ3n) is 2.83. The Kier molecular flexibility index (Phi) is 4.53. The van der Waals surface area contributed by atoms with Crippen LogP contribution < -0.4 is 10.9 Å². The zero-order valence-corrected chi connectivity index (χ0v) is 11.9. The number of halogens is 1. The molecule has 1 atom stereocenters. The van der Waals surface area contributed by atoms with E-state index in [1.54, 1.807) is 19.3 Å². The molecule has 2 aromatic rings. The molecule has 0 radical (unpaired) electrons. The Hall–Kier alpha value is -1.70. The maximum absolute atomic E-state index is 12.2. The normalized spacial score (nSPS) is 12.6. The molecular weight excluding hydrogens is 284 g/mol. The summed E-state index contributed by atoms with van der Waals surface area (Å²) in [7, 11) is 3.14. The van der Waals surface area contributed by atoms with Crippen molar-refractivity contribution in [3.05, 3.63) is 27.8 Å². The summed E-state index contributed by atoms with van der Waals surface area (Å²) >= 11 is 5.95. The van der Waals surface area contributed by atoms with Crippen LogP contribution >= 0.6 is 11.6 Å². The van der Waals surface area contributed by atoms with Crippen molar-refractivity contribution in [2.24, 2.45) is 7.05 Å². The summed E-state index contributed by atoms with van der Waals surface area (Å²) in [5.74, 6) is 0.292. The average molecular weight is 299 g/mol. The van der Waals surface area contributed by atoms with Crippen molar-refractivity contribution in [2.75, 3.05) is 25.6 Å². The molecule has 0 saturated carbocycles. The van der Waals surface area contributed by atoms with Gasteiger partial charge in [0.15, 0.2) is 11.0 Å². The standard InChI is InChI=1S/C12H15ClN4O3/c1-17-4-3-8-9(12(17)19)11(16-15-10(8)13)14-5-7(18)6-20-2/h3-4,7,18H,5-6H2,1-2H3,(H,14,16). The lowest BCUT2D eigenvalue weighted by Crippen LogP contribution is -2.26. The molecule has 0 aliphatic carbocycles. The molecule has 2 rings (SSSR count). The summed E-state index contributed by atoms with van der Waals surface area (Å²) in [5.41, 5.74) is -0.233. The number of ether oxygens (including phenoxy) is 1. The van der Waals surface area contributed by atoms with E-state index in [2.05, 4.69) is 15.5 Å². The number of nitrogens with one attached hydrogen (secondary N) is 1. The van der Waals surface area contributed by atoms with E-state index < -0.39 is 6.10 Å². The Morgan fingerprint density at radius 2 is 2.30 bits per heavy atom. The van der Waals surface area contributed by atoms with Gasteiger partial charge < -0.3 is 19.7 Å². The van der Waals surface area contributed by atoms with Gasteiger partial charge in [0.25, 0.3) is 5.56 Å². The number of hydrogen-bond acceptors (Lipinski definition) is 6. The van der Waals surface area contributed by atoms with Crippen LogP contribution in [0.2, 0.25) is 5.15 Å². The second-order valence-electron chi connectivity index (χ2n) is 4.35. The van der Waals surface area contributed by atoms with Crippen LogP contribution in [0, 0.1) is 0 Å². The van der Waals surface area contributed by atoms with Crippen molar-refractivity contribution in [3.63, 3.8) is 0 Å². The molecule has 0 saturated heterocycles. The van der Waals surface area contributed by atoms with Crippen molar-refractivity contribution in [1.82, 2.24) is 14.8 Å². The number of rotatable bonds is 5. The van der Waals surface area contributed by atoms with Crippen molar-refractivity contribution < 1.29 is 9.84 Å². The maximum atomic E-state index is 12.2. The van der Waals surface area contributed by atoms with E-state index in [-0.39, 0.29) is 23.9 Å². The van der Waals surface area contributed by atoms with Gasteiger partial charge >= 0.3 is 0 Å². The zero-order chi connectivity index (χ0) is 14.7. The first kappa shape index (κ1) is 14.7. The highest BCUT2D eigenvalue weighted by Crippen LogP contribution is 2.22. The van der Waals surface area contributed by atoms with Crippen LogP contribution in [-0.2, 0) is 11.8 Å². The number of pyridine rings is 1. The van der Waals surface area contributed by atoms with Gasteiger partial charge in [0, 0.05) is 32.3 Å². The molecule has 7 nitrogen and oxygen atoms in total. The quantitative estimate of drug-likeness (QED) is 0.830. The number of aryl methyl sites for hydroxylation is 1. The van der Waals surface area contributed by atoms with Crippen LogP contribution in [0.5, 0.6) is 0 Å². The smallest absolute Gasteiger partial charge is 0.262 e. The van der Waals surface area contributed by atoms with Crippen LogP contribution in [0.15, 0.2) is 17.1 Å². The molecule has 108 valence electrons.